The Morgan fingerprint density at radius 1 is 1.06 bits per heavy atom. The van der Waals surface area contributed by atoms with Crippen molar-refractivity contribution in [1.29, 1.82) is 0 Å². The average molecular weight is 440 g/mol. The summed E-state index contributed by atoms with van der Waals surface area (Å²) in [6.45, 7) is 8.97. The minimum Gasteiger partial charge on any atom is -0.490 e. The van der Waals surface area contributed by atoms with E-state index in [1.165, 1.54) is 0 Å². The van der Waals surface area contributed by atoms with Gasteiger partial charge in [-0.05, 0) is 69.2 Å². The average Bonchev–Trinajstić information content (AvgIpc) is 2.74. The molecule has 0 radical (unpaired) electrons. The maximum Gasteiger partial charge on any atom is 0.255 e. The van der Waals surface area contributed by atoms with Crippen LogP contribution in [-0.2, 0) is 4.79 Å². The lowest BCUT2D eigenvalue weighted by atomic mass is 9.94. The van der Waals surface area contributed by atoms with E-state index in [4.69, 9.17) is 21.7 Å². The molecular weight excluding hydrogens is 410 g/mol. The first-order chi connectivity index (χ1) is 14.9. The molecule has 0 saturated carbocycles. The van der Waals surface area contributed by atoms with Crippen LogP contribution < -0.4 is 25.4 Å². The highest BCUT2D eigenvalue weighted by atomic mass is 32.1. The second-order valence-electron chi connectivity index (χ2n) is 7.38. The Balaban J connectivity index is 1.94. The van der Waals surface area contributed by atoms with Crippen molar-refractivity contribution >= 4 is 28.9 Å². The van der Waals surface area contributed by atoms with Gasteiger partial charge in [-0.2, -0.15) is 0 Å². The second-order valence-corrected chi connectivity index (χ2v) is 7.79. The predicted molar refractivity (Wildman–Crippen MR) is 128 cm³/mol. The summed E-state index contributed by atoms with van der Waals surface area (Å²) < 4.78 is 11.6. The molecule has 2 aromatic carbocycles. The van der Waals surface area contributed by atoms with Crippen LogP contribution in [0.25, 0.3) is 0 Å². The molecule has 3 rings (SSSR count). The van der Waals surface area contributed by atoms with Gasteiger partial charge in [0.25, 0.3) is 5.91 Å². The van der Waals surface area contributed by atoms with E-state index in [9.17, 15) is 4.79 Å². The van der Waals surface area contributed by atoms with E-state index in [0.29, 0.717) is 41.1 Å². The van der Waals surface area contributed by atoms with Crippen LogP contribution >= 0.6 is 12.2 Å². The Labute approximate surface area is 189 Å². The molecule has 0 spiro atoms. The maximum absolute atomic E-state index is 13.2. The van der Waals surface area contributed by atoms with E-state index >= 15 is 0 Å². The van der Waals surface area contributed by atoms with Gasteiger partial charge in [0.15, 0.2) is 16.6 Å². The van der Waals surface area contributed by atoms with Crippen molar-refractivity contribution < 1.29 is 14.3 Å². The van der Waals surface area contributed by atoms with Gasteiger partial charge >= 0.3 is 0 Å². The number of ether oxygens (including phenoxy) is 2. The summed E-state index contributed by atoms with van der Waals surface area (Å²) in [7, 11) is 0. The van der Waals surface area contributed by atoms with Gasteiger partial charge in [0.05, 0.1) is 24.8 Å². The van der Waals surface area contributed by atoms with Gasteiger partial charge in [-0.3, -0.25) is 4.79 Å². The molecule has 0 aromatic heterocycles. The number of hydrogen-bond acceptors (Lipinski definition) is 4. The smallest absolute Gasteiger partial charge is 0.255 e. The van der Waals surface area contributed by atoms with Crippen molar-refractivity contribution in [2.75, 3.05) is 18.5 Å². The number of aryl methyl sites for hydroxylation is 1. The maximum atomic E-state index is 13.2. The monoisotopic (exact) mass is 439 g/mol. The van der Waals surface area contributed by atoms with E-state index in [-0.39, 0.29) is 5.91 Å². The summed E-state index contributed by atoms with van der Waals surface area (Å²) in [5, 5.41) is 9.75. The van der Waals surface area contributed by atoms with Crippen molar-refractivity contribution in [2.45, 2.75) is 40.2 Å². The molecule has 2 aromatic rings. The Bertz CT molecular complexity index is 986. The predicted octanol–water partition coefficient (Wildman–Crippen LogP) is 4.61. The van der Waals surface area contributed by atoms with Crippen LogP contribution in [0.1, 0.15) is 44.4 Å². The number of benzene rings is 2. The summed E-state index contributed by atoms with van der Waals surface area (Å²) in [6, 6.07) is 13.0. The normalized spacial score (nSPS) is 15.7. The Hall–Kier alpha value is -3.06. The second kappa shape index (κ2) is 10.3. The first-order valence-electron chi connectivity index (χ1n) is 10.5. The van der Waals surface area contributed by atoms with E-state index in [1.54, 1.807) is 0 Å². The molecular formula is C24H29N3O3S. The largest absolute Gasteiger partial charge is 0.490 e. The summed E-state index contributed by atoms with van der Waals surface area (Å²) >= 11 is 5.37. The van der Waals surface area contributed by atoms with Crippen LogP contribution in [0.5, 0.6) is 11.5 Å². The number of nitrogens with one attached hydrogen (secondary N) is 3. The number of carbonyl (C=O) groups is 1. The van der Waals surface area contributed by atoms with Gasteiger partial charge in [0.2, 0.25) is 0 Å². The molecule has 31 heavy (non-hydrogen) atoms. The van der Waals surface area contributed by atoms with Gasteiger partial charge in [-0.25, -0.2) is 0 Å². The standard InChI is InChI=1S/C24H29N3O3S/c1-5-13-30-19-12-9-17(14-20(19)29-6-2)22-21(16(4)25-24(31)27-22)23(28)26-18-10-7-15(3)8-11-18/h7-12,14,22H,5-6,13H2,1-4H3,(H,26,28)(H2,25,27,31). The zero-order chi connectivity index (χ0) is 22.4. The first kappa shape index (κ1) is 22.6. The molecule has 164 valence electrons. The molecule has 3 N–H and O–H groups in total. The van der Waals surface area contributed by atoms with Gasteiger partial charge in [0, 0.05) is 11.4 Å². The van der Waals surface area contributed by atoms with Gasteiger partial charge < -0.3 is 25.4 Å². The molecule has 0 bridgehead atoms. The van der Waals surface area contributed by atoms with Crippen molar-refractivity contribution in [3.05, 3.63) is 64.9 Å². The van der Waals surface area contributed by atoms with Gasteiger partial charge in [-0.15, -0.1) is 0 Å². The molecule has 7 heteroatoms. The van der Waals surface area contributed by atoms with E-state index < -0.39 is 6.04 Å². The SMILES string of the molecule is CCCOc1ccc(C2NC(=S)NC(C)=C2C(=O)Nc2ccc(C)cc2)cc1OCC. The van der Waals surface area contributed by atoms with Crippen molar-refractivity contribution in [3.8, 4) is 11.5 Å². The third kappa shape index (κ3) is 5.55. The van der Waals surface area contributed by atoms with Crippen molar-refractivity contribution in [3.63, 3.8) is 0 Å². The van der Waals surface area contributed by atoms with Crippen LogP contribution in [-0.4, -0.2) is 24.2 Å². The Kier molecular flexibility index (Phi) is 7.52. The fourth-order valence-electron chi connectivity index (χ4n) is 3.38. The lowest BCUT2D eigenvalue weighted by Crippen LogP contribution is -2.45. The topological polar surface area (TPSA) is 71.6 Å². The van der Waals surface area contributed by atoms with E-state index in [0.717, 1.165) is 23.2 Å². The lowest BCUT2D eigenvalue weighted by molar-refractivity contribution is -0.113. The molecule has 0 fully saturated rings. The van der Waals surface area contributed by atoms with Gasteiger partial charge in [-0.1, -0.05) is 30.7 Å². The van der Waals surface area contributed by atoms with Gasteiger partial charge in [0.1, 0.15) is 0 Å². The van der Waals surface area contributed by atoms with Crippen LogP contribution in [0.4, 0.5) is 5.69 Å². The number of allylic oxidation sites excluding steroid dienone is 1. The van der Waals surface area contributed by atoms with Crippen LogP contribution in [0, 0.1) is 6.92 Å². The lowest BCUT2D eigenvalue weighted by Gasteiger charge is -2.30. The van der Waals surface area contributed by atoms with E-state index in [2.05, 4.69) is 22.9 Å². The number of rotatable bonds is 8. The molecule has 1 amide bonds. The number of hydrogen-bond donors (Lipinski definition) is 3. The highest BCUT2D eigenvalue weighted by molar-refractivity contribution is 7.80. The minimum absolute atomic E-state index is 0.196. The van der Waals surface area contributed by atoms with Crippen molar-refractivity contribution in [1.82, 2.24) is 10.6 Å². The quantitative estimate of drug-likeness (QED) is 0.522. The summed E-state index contributed by atoms with van der Waals surface area (Å²) in [4.78, 5) is 13.2. The third-order valence-electron chi connectivity index (χ3n) is 4.89. The third-order valence-corrected chi connectivity index (χ3v) is 5.11. The summed E-state index contributed by atoms with van der Waals surface area (Å²) in [6.07, 6.45) is 0.905. The number of anilines is 1. The molecule has 1 aliphatic heterocycles. The molecule has 1 aliphatic rings. The number of carbonyl (C=O) groups excluding carboxylic acids is 1. The Morgan fingerprint density at radius 2 is 1.81 bits per heavy atom. The number of amides is 1. The summed E-state index contributed by atoms with van der Waals surface area (Å²) in [5.74, 6) is 1.14. The van der Waals surface area contributed by atoms with Crippen LogP contribution in [0.15, 0.2) is 53.7 Å². The fourth-order valence-corrected chi connectivity index (χ4v) is 3.65. The summed E-state index contributed by atoms with van der Waals surface area (Å²) in [5.41, 5.74) is 4.01. The zero-order valence-electron chi connectivity index (χ0n) is 18.4. The molecule has 1 heterocycles. The van der Waals surface area contributed by atoms with Crippen LogP contribution in [0.2, 0.25) is 0 Å². The number of thiocarbonyl (C=S) groups is 1. The first-order valence-corrected chi connectivity index (χ1v) is 10.9. The molecule has 0 saturated heterocycles. The molecule has 0 aliphatic carbocycles. The molecule has 6 nitrogen and oxygen atoms in total. The Morgan fingerprint density at radius 3 is 2.48 bits per heavy atom. The molecule has 1 atom stereocenters. The minimum atomic E-state index is -0.418. The fraction of sp³-hybridized carbons (Fsp3) is 0.333. The van der Waals surface area contributed by atoms with E-state index in [1.807, 2.05) is 63.2 Å². The van der Waals surface area contributed by atoms with Crippen molar-refractivity contribution in [2.24, 2.45) is 0 Å². The highest BCUT2D eigenvalue weighted by Gasteiger charge is 2.30. The van der Waals surface area contributed by atoms with Crippen LogP contribution in [0.3, 0.4) is 0 Å². The molecule has 1 unspecified atom stereocenters. The highest BCUT2D eigenvalue weighted by Crippen LogP contribution is 2.35. The zero-order valence-corrected chi connectivity index (χ0v) is 19.2.